The Morgan fingerprint density at radius 1 is 1.38 bits per heavy atom. The average molecular weight is 308 g/mol. The molecule has 0 saturated heterocycles. The fourth-order valence-electron chi connectivity index (χ4n) is 2.19. The highest BCUT2D eigenvalue weighted by Crippen LogP contribution is 2.31. The summed E-state index contributed by atoms with van der Waals surface area (Å²) >= 11 is 1.26. The Bertz CT molecular complexity index is 705. The van der Waals surface area contributed by atoms with Gasteiger partial charge < -0.3 is 4.74 Å². The molecule has 2 heterocycles. The molecule has 6 heteroatoms. The van der Waals surface area contributed by atoms with Crippen LogP contribution in [-0.4, -0.2) is 27.7 Å². The minimum absolute atomic E-state index is 0.179. The van der Waals surface area contributed by atoms with Crippen molar-refractivity contribution in [1.82, 2.24) is 9.38 Å². The Morgan fingerprint density at radius 3 is 2.48 bits per heavy atom. The Kier molecular flexibility index (Phi) is 3.93. The maximum absolute atomic E-state index is 12.1. The van der Waals surface area contributed by atoms with Crippen LogP contribution in [0.4, 0.5) is 0 Å². The van der Waals surface area contributed by atoms with Crippen molar-refractivity contribution in [2.24, 2.45) is 0 Å². The minimum Gasteiger partial charge on any atom is -0.459 e. The molecule has 0 radical (unpaired) electrons. The zero-order chi connectivity index (χ0) is 15.9. The van der Waals surface area contributed by atoms with E-state index < -0.39 is 0 Å². The van der Waals surface area contributed by atoms with E-state index in [2.05, 4.69) is 4.98 Å². The number of esters is 1. The molecule has 0 saturated carbocycles. The summed E-state index contributed by atoms with van der Waals surface area (Å²) in [6.45, 7) is 11.4. The minimum atomic E-state index is -0.368. The van der Waals surface area contributed by atoms with Gasteiger partial charge in [0.25, 0.3) is 0 Å². The molecule has 0 atom stereocenters. The van der Waals surface area contributed by atoms with E-state index >= 15 is 0 Å². The number of carbonyl (C=O) groups is 2. The Balaban J connectivity index is 2.62. The van der Waals surface area contributed by atoms with Crippen molar-refractivity contribution in [1.29, 1.82) is 0 Å². The smallest absolute Gasteiger partial charge is 0.350 e. The van der Waals surface area contributed by atoms with Crippen LogP contribution in [0.15, 0.2) is 0 Å². The first kappa shape index (κ1) is 15.7. The van der Waals surface area contributed by atoms with Crippen molar-refractivity contribution in [2.75, 3.05) is 0 Å². The van der Waals surface area contributed by atoms with Gasteiger partial charge >= 0.3 is 5.97 Å². The molecule has 0 aliphatic rings. The first-order chi connectivity index (χ1) is 9.66. The van der Waals surface area contributed by atoms with Crippen LogP contribution < -0.4 is 0 Å². The van der Waals surface area contributed by atoms with Gasteiger partial charge in [0.15, 0.2) is 11.2 Å². The van der Waals surface area contributed by atoms with Gasteiger partial charge in [-0.2, -0.15) is 0 Å². The van der Waals surface area contributed by atoms with Crippen molar-refractivity contribution in [3.8, 4) is 0 Å². The van der Waals surface area contributed by atoms with Gasteiger partial charge in [-0.05, 0) is 20.8 Å². The molecular formula is C15H20N2O3S. The Labute approximate surface area is 127 Å². The number of hydrogen-bond acceptors (Lipinski definition) is 5. The second-order valence-corrected chi connectivity index (χ2v) is 7.28. The van der Waals surface area contributed by atoms with E-state index in [1.165, 1.54) is 11.3 Å². The van der Waals surface area contributed by atoms with Gasteiger partial charge in [0.05, 0.1) is 11.8 Å². The number of rotatable bonds is 3. The summed E-state index contributed by atoms with van der Waals surface area (Å²) in [5, 5.41) is 0. The summed E-state index contributed by atoms with van der Waals surface area (Å²) in [5.41, 5.74) is 1.73. The SMILES string of the molecule is Cc1c(C(=O)OC(C)C)sc2nc(C(C)(C)C)c(C=O)n12. The highest BCUT2D eigenvalue weighted by atomic mass is 32.1. The predicted octanol–water partition coefficient (Wildman–Crippen LogP) is 3.38. The largest absolute Gasteiger partial charge is 0.459 e. The number of thiazole rings is 1. The summed E-state index contributed by atoms with van der Waals surface area (Å²) in [5.74, 6) is -0.368. The summed E-state index contributed by atoms with van der Waals surface area (Å²) in [6.07, 6.45) is 0.625. The lowest BCUT2D eigenvalue weighted by molar-refractivity contribution is 0.0382. The van der Waals surface area contributed by atoms with E-state index in [1.54, 1.807) is 18.2 Å². The topological polar surface area (TPSA) is 60.7 Å². The van der Waals surface area contributed by atoms with Crippen molar-refractivity contribution >= 4 is 28.6 Å². The second kappa shape index (κ2) is 5.26. The van der Waals surface area contributed by atoms with Crippen LogP contribution in [0.1, 0.15) is 66.2 Å². The predicted molar refractivity (Wildman–Crippen MR) is 82.4 cm³/mol. The van der Waals surface area contributed by atoms with Crippen molar-refractivity contribution in [3.05, 3.63) is 22.0 Å². The zero-order valence-electron chi connectivity index (χ0n) is 13.2. The van der Waals surface area contributed by atoms with Crippen LogP contribution in [0.5, 0.6) is 0 Å². The van der Waals surface area contributed by atoms with E-state index in [0.717, 1.165) is 12.0 Å². The molecular weight excluding hydrogens is 288 g/mol. The molecule has 0 amide bonds. The van der Waals surface area contributed by atoms with Gasteiger partial charge in [0.2, 0.25) is 0 Å². The molecule has 0 fully saturated rings. The van der Waals surface area contributed by atoms with Gasteiger partial charge in [-0.1, -0.05) is 32.1 Å². The van der Waals surface area contributed by atoms with Crippen LogP contribution in [0.3, 0.4) is 0 Å². The molecule has 0 spiro atoms. The summed E-state index contributed by atoms with van der Waals surface area (Å²) in [4.78, 5) is 29.3. The molecule has 2 aromatic heterocycles. The van der Waals surface area contributed by atoms with Gasteiger partial charge in [0, 0.05) is 11.1 Å². The summed E-state index contributed by atoms with van der Waals surface area (Å²) in [6, 6.07) is 0. The lowest BCUT2D eigenvalue weighted by Crippen LogP contribution is -2.15. The number of carbonyl (C=O) groups excluding carboxylic acids is 2. The molecule has 0 unspecified atom stereocenters. The Hall–Kier alpha value is -1.69. The lowest BCUT2D eigenvalue weighted by atomic mass is 9.91. The number of imidazole rings is 1. The molecule has 2 rings (SSSR count). The quantitative estimate of drug-likeness (QED) is 0.644. The fourth-order valence-corrected chi connectivity index (χ4v) is 3.21. The fraction of sp³-hybridized carbons (Fsp3) is 0.533. The molecule has 5 nitrogen and oxygen atoms in total. The maximum atomic E-state index is 12.1. The number of hydrogen-bond donors (Lipinski definition) is 0. The number of aromatic nitrogens is 2. The van der Waals surface area contributed by atoms with Crippen molar-refractivity contribution < 1.29 is 14.3 Å². The third-order valence-electron chi connectivity index (χ3n) is 3.09. The van der Waals surface area contributed by atoms with E-state index in [4.69, 9.17) is 4.74 Å². The highest BCUT2D eigenvalue weighted by Gasteiger charge is 2.28. The molecule has 0 aliphatic heterocycles. The third-order valence-corrected chi connectivity index (χ3v) is 4.21. The van der Waals surface area contributed by atoms with Gasteiger partial charge in [-0.3, -0.25) is 9.20 Å². The number of aryl methyl sites for hydroxylation is 1. The molecule has 2 aromatic rings. The van der Waals surface area contributed by atoms with Crippen LogP contribution in [0.2, 0.25) is 0 Å². The molecule has 0 aromatic carbocycles. The maximum Gasteiger partial charge on any atom is 0.350 e. The number of fused-ring (bicyclic) bond motifs is 1. The molecule has 0 N–H and O–H groups in total. The number of aldehydes is 1. The Morgan fingerprint density at radius 2 is 2.00 bits per heavy atom. The van der Waals surface area contributed by atoms with Gasteiger partial charge in [0.1, 0.15) is 10.6 Å². The standard InChI is InChI=1S/C15H20N2O3S/c1-8(2)20-13(19)11-9(3)17-10(7-18)12(15(4,5)6)16-14(17)21-11/h7-8H,1-6H3. The van der Waals surface area contributed by atoms with Crippen molar-refractivity contribution in [3.63, 3.8) is 0 Å². The molecule has 114 valence electrons. The average Bonchev–Trinajstić information content (AvgIpc) is 2.85. The monoisotopic (exact) mass is 308 g/mol. The third kappa shape index (κ3) is 2.72. The molecule has 0 bridgehead atoms. The molecule has 21 heavy (non-hydrogen) atoms. The van der Waals surface area contributed by atoms with E-state index in [0.29, 0.717) is 21.2 Å². The normalized spacial score (nSPS) is 12.1. The van der Waals surface area contributed by atoms with Gasteiger partial charge in [-0.15, -0.1) is 0 Å². The van der Waals surface area contributed by atoms with Crippen LogP contribution in [0, 0.1) is 6.92 Å². The summed E-state index contributed by atoms with van der Waals surface area (Å²) < 4.78 is 6.97. The zero-order valence-corrected chi connectivity index (χ0v) is 14.0. The van der Waals surface area contributed by atoms with Crippen molar-refractivity contribution in [2.45, 2.75) is 53.1 Å². The summed E-state index contributed by atoms with van der Waals surface area (Å²) in [7, 11) is 0. The van der Waals surface area contributed by atoms with Crippen LogP contribution >= 0.6 is 11.3 Å². The van der Waals surface area contributed by atoms with Crippen LogP contribution in [0.25, 0.3) is 4.96 Å². The number of nitrogens with zero attached hydrogens (tertiary/aromatic N) is 2. The van der Waals surface area contributed by atoms with E-state index in [-0.39, 0.29) is 17.5 Å². The van der Waals surface area contributed by atoms with E-state index in [9.17, 15) is 9.59 Å². The first-order valence-electron chi connectivity index (χ1n) is 6.85. The first-order valence-corrected chi connectivity index (χ1v) is 7.67. The lowest BCUT2D eigenvalue weighted by Gasteiger charge is -2.16. The number of ether oxygens (including phenoxy) is 1. The molecule has 0 aliphatic carbocycles. The van der Waals surface area contributed by atoms with E-state index in [1.807, 2.05) is 27.7 Å². The van der Waals surface area contributed by atoms with Crippen LogP contribution in [-0.2, 0) is 10.2 Å². The van der Waals surface area contributed by atoms with Gasteiger partial charge in [-0.25, -0.2) is 9.78 Å². The highest BCUT2D eigenvalue weighted by molar-refractivity contribution is 7.19. The second-order valence-electron chi connectivity index (χ2n) is 6.30.